The van der Waals surface area contributed by atoms with E-state index < -0.39 is 0 Å². The molecule has 0 radical (unpaired) electrons. The highest BCUT2D eigenvalue weighted by atomic mass is 16.2. The largest absolute Gasteiger partial charge is 0.332 e. The minimum absolute atomic E-state index is 0.0377. The zero-order valence-corrected chi connectivity index (χ0v) is 15.9. The second-order valence-electron chi connectivity index (χ2n) is 9.13. The van der Waals surface area contributed by atoms with E-state index in [0.717, 1.165) is 23.4 Å². The second kappa shape index (κ2) is 6.39. The molecule has 0 spiro atoms. The van der Waals surface area contributed by atoms with Crippen molar-refractivity contribution in [2.24, 2.45) is 17.8 Å². The molecule has 0 unspecified atom stereocenters. The Hall–Kier alpha value is -2.30. The quantitative estimate of drug-likeness (QED) is 0.848. The zero-order valence-electron chi connectivity index (χ0n) is 15.9. The molecular formula is C22H28N4O. The van der Waals surface area contributed by atoms with Crippen molar-refractivity contribution < 1.29 is 4.79 Å². The van der Waals surface area contributed by atoms with Crippen LogP contribution in [0.1, 0.15) is 49.7 Å². The number of hydrogen-bond donors (Lipinski definition) is 2. The van der Waals surface area contributed by atoms with Crippen molar-refractivity contribution in [1.82, 2.24) is 15.1 Å². The highest BCUT2D eigenvalue weighted by Crippen LogP contribution is 2.55. The lowest BCUT2D eigenvalue weighted by Crippen LogP contribution is -2.60. The predicted molar refractivity (Wildman–Crippen MR) is 106 cm³/mol. The molecular weight excluding hydrogens is 336 g/mol. The number of urea groups is 1. The van der Waals surface area contributed by atoms with Gasteiger partial charge in [0.2, 0.25) is 0 Å². The molecule has 2 aromatic rings. The van der Waals surface area contributed by atoms with E-state index in [1.165, 1.54) is 49.7 Å². The van der Waals surface area contributed by atoms with Crippen molar-refractivity contribution in [3.05, 3.63) is 47.8 Å². The maximum Gasteiger partial charge on any atom is 0.319 e. The smallest absolute Gasteiger partial charge is 0.319 e. The second-order valence-corrected chi connectivity index (χ2v) is 9.13. The molecule has 1 aromatic heterocycles. The lowest BCUT2D eigenvalue weighted by Gasteiger charge is -2.56. The number of aromatic nitrogens is 2. The molecule has 27 heavy (non-hydrogen) atoms. The maximum atomic E-state index is 12.7. The number of rotatable bonds is 4. The fourth-order valence-electron chi connectivity index (χ4n) is 6.14. The van der Waals surface area contributed by atoms with E-state index in [4.69, 9.17) is 0 Å². The summed E-state index contributed by atoms with van der Waals surface area (Å²) in [6, 6.07) is 8.24. The van der Waals surface area contributed by atoms with E-state index in [-0.39, 0.29) is 11.6 Å². The van der Waals surface area contributed by atoms with Crippen LogP contribution in [0.3, 0.4) is 0 Å². The molecule has 4 saturated carbocycles. The van der Waals surface area contributed by atoms with Crippen LogP contribution in [0.15, 0.2) is 36.7 Å². The molecule has 0 atom stereocenters. The van der Waals surface area contributed by atoms with Crippen LogP contribution >= 0.6 is 0 Å². The van der Waals surface area contributed by atoms with Gasteiger partial charge in [-0.05, 0) is 74.3 Å². The molecule has 4 aliphatic rings. The first-order valence-electron chi connectivity index (χ1n) is 10.2. The van der Waals surface area contributed by atoms with Gasteiger partial charge in [-0.1, -0.05) is 24.3 Å². The molecule has 2 N–H and O–H groups in total. The topological polar surface area (TPSA) is 59.0 Å². The highest BCUT2D eigenvalue weighted by Gasteiger charge is 2.51. The molecule has 5 heteroatoms. The average molecular weight is 364 g/mol. The van der Waals surface area contributed by atoms with Crippen LogP contribution in [0.5, 0.6) is 0 Å². The van der Waals surface area contributed by atoms with Crippen molar-refractivity contribution in [1.29, 1.82) is 0 Å². The fourth-order valence-corrected chi connectivity index (χ4v) is 6.14. The Balaban J connectivity index is 1.22. The minimum atomic E-state index is -0.0765. The van der Waals surface area contributed by atoms with Gasteiger partial charge in [-0.3, -0.25) is 4.68 Å². The van der Waals surface area contributed by atoms with Crippen molar-refractivity contribution in [3.63, 3.8) is 0 Å². The first-order chi connectivity index (χ1) is 13.1. The molecule has 4 bridgehead atoms. The van der Waals surface area contributed by atoms with Gasteiger partial charge in [-0.25, -0.2) is 4.79 Å². The van der Waals surface area contributed by atoms with E-state index in [1.54, 1.807) is 6.20 Å². The van der Waals surface area contributed by atoms with Crippen molar-refractivity contribution in [2.75, 3.05) is 5.32 Å². The van der Waals surface area contributed by atoms with Crippen LogP contribution in [0, 0.1) is 24.7 Å². The first-order valence-corrected chi connectivity index (χ1v) is 10.2. The normalized spacial score (nSPS) is 31.1. The number of aryl methyl sites for hydroxylation is 1. The van der Waals surface area contributed by atoms with Crippen molar-refractivity contribution >= 4 is 11.7 Å². The van der Waals surface area contributed by atoms with E-state index in [2.05, 4.69) is 34.8 Å². The summed E-state index contributed by atoms with van der Waals surface area (Å²) >= 11 is 0. The summed E-state index contributed by atoms with van der Waals surface area (Å²) in [5.41, 5.74) is 3.29. The predicted octanol–water partition coefficient (Wildman–Crippen LogP) is 4.33. The van der Waals surface area contributed by atoms with Gasteiger partial charge >= 0.3 is 6.03 Å². The van der Waals surface area contributed by atoms with Crippen LogP contribution in [-0.2, 0) is 6.54 Å². The lowest BCUT2D eigenvalue weighted by molar-refractivity contribution is -0.0127. The summed E-state index contributed by atoms with van der Waals surface area (Å²) in [6.07, 6.45) is 11.3. The van der Waals surface area contributed by atoms with Crippen LogP contribution in [0.2, 0.25) is 0 Å². The molecule has 4 aliphatic carbocycles. The number of carbonyl (C=O) groups is 1. The van der Waals surface area contributed by atoms with Gasteiger partial charge in [0.05, 0.1) is 18.4 Å². The van der Waals surface area contributed by atoms with Gasteiger partial charge < -0.3 is 10.6 Å². The van der Waals surface area contributed by atoms with Gasteiger partial charge in [0.1, 0.15) is 0 Å². The maximum absolute atomic E-state index is 12.7. The van der Waals surface area contributed by atoms with Crippen LogP contribution in [0.4, 0.5) is 10.5 Å². The monoisotopic (exact) mass is 364 g/mol. The highest BCUT2D eigenvalue weighted by molar-refractivity contribution is 5.89. The number of benzene rings is 1. The van der Waals surface area contributed by atoms with E-state index >= 15 is 0 Å². The number of nitrogens with one attached hydrogen (secondary N) is 2. The summed E-state index contributed by atoms with van der Waals surface area (Å²) in [4.78, 5) is 12.7. The minimum Gasteiger partial charge on any atom is -0.332 e. The third kappa shape index (κ3) is 3.35. The molecule has 5 nitrogen and oxygen atoms in total. The van der Waals surface area contributed by atoms with E-state index in [1.807, 2.05) is 23.0 Å². The molecule has 0 aliphatic heterocycles. The van der Waals surface area contributed by atoms with Crippen molar-refractivity contribution in [2.45, 2.75) is 57.5 Å². The number of nitrogens with zero attached hydrogens (tertiary/aromatic N) is 2. The summed E-state index contributed by atoms with van der Waals surface area (Å²) in [5.74, 6) is 2.48. The average Bonchev–Trinajstić information content (AvgIpc) is 3.02. The molecule has 1 heterocycles. The van der Waals surface area contributed by atoms with Gasteiger partial charge in [-0.15, -0.1) is 0 Å². The van der Waals surface area contributed by atoms with Gasteiger partial charge in [-0.2, -0.15) is 5.10 Å². The summed E-state index contributed by atoms with van der Waals surface area (Å²) in [7, 11) is 0. The molecule has 1 aromatic carbocycles. The van der Waals surface area contributed by atoms with Gasteiger partial charge in [0.25, 0.3) is 0 Å². The first kappa shape index (κ1) is 16.8. The zero-order chi connectivity index (χ0) is 18.4. The summed E-state index contributed by atoms with van der Waals surface area (Å²) < 4.78 is 1.88. The Bertz CT molecular complexity index is 820. The Morgan fingerprint density at radius 3 is 2.48 bits per heavy atom. The Morgan fingerprint density at radius 2 is 1.81 bits per heavy atom. The van der Waals surface area contributed by atoms with Gasteiger partial charge in [0.15, 0.2) is 0 Å². The van der Waals surface area contributed by atoms with Crippen LogP contribution in [-0.4, -0.2) is 21.4 Å². The number of anilines is 1. The van der Waals surface area contributed by atoms with Gasteiger partial charge in [0, 0.05) is 11.7 Å². The van der Waals surface area contributed by atoms with Crippen molar-refractivity contribution in [3.8, 4) is 0 Å². The van der Waals surface area contributed by atoms with E-state index in [9.17, 15) is 4.79 Å². The molecule has 142 valence electrons. The fraction of sp³-hybridized carbons (Fsp3) is 0.545. The molecule has 6 rings (SSSR count). The Kier molecular flexibility index (Phi) is 3.99. The molecule has 2 amide bonds. The third-order valence-corrected chi connectivity index (χ3v) is 6.90. The van der Waals surface area contributed by atoms with E-state index in [0.29, 0.717) is 6.54 Å². The standard InChI is InChI=1S/C22H28N4O/c1-15-4-2-3-5-19(15)13-26-14-20(12-23-26)24-21(27)25-22-9-16-6-17(10-22)8-18(7-16)11-22/h2-5,12,14,16-18H,6-11,13H2,1H3,(H2,24,25,27). The summed E-state index contributed by atoms with van der Waals surface area (Å²) in [6.45, 7) is 2.82. The Labute approximate surface area is 160 Å². The summed E-state index contributed by atoms with van der Waals surface area (Å²) in [5, 5.41) is 10.8. The lowest BCUT2D eigenvalue weighted by atomic mass is 9.53. The third-order valence-electron chi connectivity index (χ3n) is 6.90. The molecule has 4 fully saturated rings. The number of carbonyl (C=O) groups excluding carboxylic acids is 1. The van der Waals surface area contributed by atoms with Crippen LogP contribution < -0.4 is 10.6 Å². The van der Waals surface area contributed by atoms with Crippen LogP contribution in [0.25, 0.3) is 0 Å². The molecule has 0 saturated heterocycles. The number of hydrogen-bond acceptors (Lipinski definition) is 2. The number of amides is 2. The Morgan fingerprint density at radius 1 is 1.15 bits per heavy atom. The SMILES string of the molecule is Cc1ccccc1Cn1cc(NC(=O)NC23CC4CC(CC(C4)C2)C3)cn1.